The van der Waals surface area contributed by atoms with Gasteiger partial charge in [-0.05, 0) is 36.8 Å². The number of carbonyl (C=O) groups is 2. The van der Waals surface area contributed by atoms with E-state index < -0.39 is 24.2 Å². The van der Waals surface area contributed by atoms with Gasteiger partial charge >= 0.3 is 5.97 Å². The standard InChI is InChI=1S/C19H20FNO5/c1-12-16(25-2)8-14(9-17(12)26-3)19(24)21(11-18(22)23)10-13-4-6-15(20)7-5-13/h4-9H,10-11H2,1-3H3,(H,22,23). The van der Waals surface area contributed by atoms with Crippen molar-refractivity contribution in [2.45, 2.75) is 13.5 Å². The first-order valence-electron chi connectivity index (χ1n) is 7.83. The Morgan fingerprint density at radius 3 is 2.08 bits per heavy atom. The van der Waals surface area contributed by atoms with Crippen molar-refractivity contribution in [3.05, 3.63) is 58.9 Å². The zero-order valence-corrected chi connectivity index (χ0v) is 14.8. The summed E-state index contributed by atoms with van der Waals surface area (Å²) in [6.07, 6.45) is 0. The molecular formula is C19H20FNO5. The zero-order chi connectivity index (χ0) is 19.3. The Hall–Kier alpha value is -3.09. The molecule has 26 heavy (non-hydrogen) atoms. The normalized spacial score (nSPS) is 10.3. The molecule has 2 aromatic rings. The van der Waals surface area contributed by atoms with Crippen molar-refractivity contribution < 1.29 is 28.6 Å². The maximum atomic E-state index is 13.1. The average Bonchev–Trinajstić information content (AvgIpc) is 2.62. The van der Waals surface area contributed by atoms with Crippen LogP contribution >= 0.6 is 0 Å². The van der Waals surface area contributed by atoms with Gasteiger partial charge in [-0.3, -0.25) is 9.59 Å². The Labute approximate surface area is 150 Å². The predicted octanol–water partition coefficient (Wildman–Crippen LogP) is 2.88. The molecule has 0 heterocycles. The SMILES string of the molecule is COc1cc(C(=O)N(CC(=O)O)Cc2ccc(F)cc2)cc(OC)c1C. The van der Waals surface area contributed by atoms with Crippen LogP contribution < -0.4 is 9.47 Å². The molecule has 0 saturated carbocycles. The smallest absolute Gasteiger partial charge is 0.323 e. The molecule has 0 fully saturated rings. The summed E-state index contributed by atoms with van der Waals surface area (Å²) in [5, 5.41) is 9.14. The van der Waals surface area contributed by atoms with Crippen LogP contribution in [0.2, 0.25) is 0 Å². The highest BCUT2D eigenvalue weighted by Crippen LogP contribution is 2.30. The molecule has 0 aliphatic rings. The van der Waals surface area contributed by atoms with Gasteiger partial charge in [-0.25, -0.2) is 4.39 Å². The summed E-state index contributed by atoms with van der Waals surface area (Å²) >= 11 is 0. The van der Waals surface area contributed by atoms with E-state index in [0.717, 1.165) is 5.56 Å². The van der Waals surface area contributed by atoms with Crippen molar-refractivity contribution in [3.8, 4) is 11.5 Å². The summed E-state index contributed by atoms with van der Waals surface area (Å²) in [6, 6.07) is 8.62. The second-order valence-corrected chi connectivity index (χ2v) is 5.69. The van der Waals surface area contributed by atoms with Gasteiger partial charge in [0.05, 0.1) is 14.2 Å². The molecular weight excluding hydrogens is 341 g/mol. The number of carboxylic acid groups (broad SMARTS) is 1. The van der Waals surface area contributed by atoms with Crippen LogP contribution in [-0.2, 0) is 11.3 Å². The van der Waals surface area contributed by atoms with E-state index in [9.17, 15) is 14.0 Å². The Morgan fingerprint density at radius 2 is 1.62 bits per heavy atom. The number of nitrogens with zero attached hydrogens (tertiary/aromatic N) is 1. The monoisotopic (exact) mass is 361 g/mol. The largest absolute Gasteiger partial charge is 0.496 e. The minimum absolute atomic E-state index is 0.0317. The molecule has 0 bridgehead atoms. The van der Waals surface area contributed by atoms with Gasteiger partial charge in [0, 0.05) is 17.7 Å². The summed E-state index contributed by atoms with van der Waals surface area (Å²) in [5.41, 5.74) is 1.59. The van der Waals surface area contributed by atoms with Gasteiger partial charge in [-0.15, -0.1) is 0 Å². The minimum Gasteiger partial charge on any atom is -0.496 e. The molecule has 1 amide bonds. The van der Waals surface area contributed by atoms with Crippen LogP contribution in [-0.4, -0.2) is 42.6 Å². The molecule has 2 aromatic carbocycles. The average molecular weight is 361 g/mol. The second-order valence-electron chi connectivity index (χ2n) is 5.69. The number of aliphatic carboxylic acids is 1. The first-order valence-corrected chi connectivity index (χ1v) is 7.83. The summed E-state index contributed by atoms with van der Waals surface area (Å²) < 4.78 is 23.6. The number of halogens is 1. The van der Waals surface area contributed by atoms with Gasteiger partial charge in [-0.1, -0.05) is 12.1 Å². The third kappa shape index (κ3) is 4.50. The number of benzene rings is 2. The van der Waals surface area contributed by atoms with Crippen LogP contribution in [0, 0.1) is 12.7 Å². The molecule has 0 aliphatic heterocycles. The van der Waals surface area contributed by atoms with Crippen LogP contribution in [0.4, 0.5) is 4.39 Å². The third-order valence-electron chi connectivity index (χ3n) is 3.90. The summed E-state index contributed by atoms with van der Waals surface area (Å²) in [4.78, 5) is 25.2. The molecule has 138 valence electrons. The fraction of sp³-hybridized carbons (Fsp3) is 0.263. The lowest BCUT2D eigenvalue weighted by atomic mass is 10.1. The third-order valence-corrected chi connectivity index (χ3v) is 3.90. The minimum atomic E-state index is -1.15. The van der Waals surface area contributed by atoms with Crippen LogP contribution in [0.1, 0.15) is 21.5 Å². The molecule has 0 radical (unpaired) electrons. The van der Waals surface area contributed by atoms with Crippen molar-refractivity contribution in [1.29, 1.82) is 0 Å². The highest BCUT2D eigenvalue weighted by atomic mass is 19.1. The molecule has 7 heteroatoms. The predicted molar refractivity (Wildman–Crippen MR) is 93.1 cm³/mol. The van der Waals surface area contributed by atoms with Gasteiger partial charge in [0.25, 0.3) is 5.91 Å². The molecule has 0 saturated heterocycles. The lowest BCUT2D eigenvalue weighted by molar-refractivity contribution is -0.137. The van der Waals surface area contributed by atoms with E-state index in [1.165, 1.54) is 43.4 Å². The fourth-order valence-corrected chi connectivity index (χ4v) is 2.57. The number of hydrogen-bond acceptors (Lipinski definition) is 4. The number of hydrogen-bond donors (Lipinski definition) is 1. The second kappa shape index (κ2) is 8.33. The van der Waals surface area contributed by atoms with Crippen LogP contribution in [0.3, 0.4) is 0 Å². The van der Waals surface area contributed by atoms with E-state index in [1.807, 2.05) is 0 Å². The van der Waals surface area contributed by atoms with Crippen LogP contribution in [0.25, 0.3) is 0 Å². The van der Waals surface area contributed by atoms with E-state index in [1.54, 1.807) is 19.1 Å². The maximum Gasteiger partial charge on any atom is 0.323 e. The Kier molecular flexibility index (Phi) is 6.16. The van der Waals surface area contributed by atoms with Crippen molar-refractivity contribution in [3.63, 3.8) is 0 Å². The van der Waals surface area contributed by atoms with Crippen molar-refractivity contribution >= 4 is 11.9 Å². The van der Waals surface area contributed by atoms with Crippen molar-refractivity contribution in [1.82, 2.24) is 4.90 Å². The number of methoxy groups -OCH3 is 2. The van der Waals surface area contributed by atoms with Gasteiger partial charge < -0.3 is 19.5 Å². The Bertz CT molecular complexity index is 779. The van der Waals surface area contributed by atoms with E-state index in [4.69, 9.17) is 14.6 Å². The lowest BCUT2D eigenvalue weighted by Crippen LogP contribution is -2.35. The van der Waals surface area contributed by atoms with Gasteiger partial charge in [0.15, 0.2) is 0 Å². The van der Waals surface area contributed by atoms with Crippen LogP contribution in [0.15, 0.2) is 36.4 Å². The Balaban J connectivity index is 2.36. The van der Waals surface area contributed by atoms with E-state index in [0.29, 0.717) is 17.1 Å². The van der Waals surface area contributed by atoms with Gasteiger partial charge in [0.2, 0.25) is 0 Å². The number of rotatable bonds is 7. The highest BCUT2D eigenvalue weighted by molar-refractivity contribution is 5.96. The molecule has 6 nitrogen and oxygen atoms in total. The quantitative estimate of drug-likeness (QED) is 0.821. The molecule has 2 rings (SSSR count). The number of carboxylic acids is 1. The van der Waals surface area contributed by atoms with Crippen molar-refractivity contribution in [2.24, 2.45) is 0 Å². The molecule has 1 N–H and O–H groups in total. The maximum absolute atomic E-state index is 13.1. The first-order chi connectivity index (χ1) is 12.3. The molecule has 0 atom stereocenters. The van der Waals surface area contributed by atoms with E-state index in [-0.39, 0.29) is 12.1 Å². The summed E-state index contributed by atoms with van der Waals surface area (Å²) in [7, 11) is 2.95. The molecule has 0 unspecified atom stereocenters. The Morgan fingerprint density at radius 1 is 1.08 bits per heavy atom. The van der Waals surface area contributed by atoms with E-state index >= 15 is 0 Å². The molecule has 0 aromatic heterocycles. The molecule has 0 spiro atoms. The number of ether oxygens (including phenoxy) is 2. The molecule has 0 aliphatic carbocycles. The lowest BCUT2D eigenvalue weighted by Gasteiger charge is -2.22. The summed E-state index contributed by atoms with van der Waals surface area (Å²) in [5.74, 6) is -1.12. The first kappa shape index (κ1) is 19.2. The topological polar surface area (TPSA) is 76.1 Å². The number of amides is 1. The number of carbonyl (C=O) groups excluding carboxylic acids is 1. The van der Waals surface area contributed by atoms with Crippen molar-refractivity contribution in [2.75, 3.05) is 20.8 Å². The van der Waals surface area contributed by atoms with E-state index in [2.05, 4.69) is 0 Å². The van der Waals surface area contributed by atoms with Gasteiger partial charge in [-0.2, -0.15) is 0 Å². The fourth-order valence-electron chi connectivity index (χ4n) is 2.57. The zero-order valence-electron chi connectivity index (χ0n) is 14.8. The van der Waals surface area contributed by atoms with Gasteiger partial charge in [0.1, 0.15) is 23.9 Å². The highest BCUT2D eigenvalue weighted by Gasteiger charge is 2.21. The summed E-state index contributed by atoms with van der Waals surface area (Å²) in [6.45, 7) is 1.33. The van der Waals surface area contributed by atoms with Crippen LogP contribution in [0.5, 0.6) is 11.5 Å².